The Hall–Kier alpha value is -2.67. The van der Waals surface area contributed by atoms with E-state index in [1.54, 1.807) is 0 Å². The normalized spacial score (nSPS) is 15.8. The number of nitrogens with one attached hydrogen (secondary N) is 1. The second kappa shape index (κ2) is 8.14. The predicted molar refractivity (Wildman–Crippen MR) is 110 cm³/mol. The van der Waals surface area contributed by atoms with E-state index in [9.17, 15) is 9.59 Å². The molecule has 148 valence electrons. The molecular formula is C21H27N5O2. The van der Waals surface area contributed by atoms with E-state index >= 15 is 0 Å². The molecule has 1 aliphatic heterocycles. The maximum absolute atomic E-state index is 12.6. The molecule has 3 aromatic rings. The van der Waals surface area contributed by atoms with E-state index in [1.807, 2.05) is 40.4 Å². The first-order chi connectivity index (χ1) is 13.6. The molecule has 2 aromatic heterocycles. The molecule has 0 unspecified atom stereocenters. The number of hydrogen-bond donors (Lipinski definition) is 1. The molecule has 0 radical (unpaired) electrons. The van der Waals surface area contributed by atoms with Crippen molar-refractivity contribution in [3.05, 3.63) is 46.4 Å². The van der Waals surface area contributed by atoms with Crippen LogP contribution in [0.1, 0.15) is 31.4 Å². The van der Waals surface area contributed by atoms with Crippen LogP contribution in [0.25, 0.3) is 16.6 Å². The van der Waals surface area contributed by atoms with Crippen LogP contribution in [0.3, 0.4) is 0 Å². The molecule has 0 aliphatic carbocycles. The third kappa shape index (κ3) is 3.80. The minimum atomic E-state index is -0.262. The van der Waals surface area contributed by atoms with Crippen LogP contribution in [-0.4, -0.2) is 51.2 Å². The lowest BCUT2D eigenvalue weighted by Crippen LogP contribution is -2.37. The summed E-state index contributed by atoms with van der Waals surface area (Å²) in [5, 5.41) is 3.93. The average molecular weight is 381 g/mol. The van der Waals surface area contributed by atoms with E-state index in [0.717, 1.165) is 36.2 Å². The maximum Gasteiger partial charge on any atom is 0.273 e. The predicted octanol–water partition coefficient (Wildman–Crippen LogP) is 1.95. The van der Waals surface area contributed by atoms with E-state index in [0.29, 0.717) is 12.2 Å². The van der Waals surface area contributed by atoms with Crippen LogP contribution in [0, 0.1) is 6.92 Å². The number of para-hydroxylation sites is 1. The van der Waals surface area contributed by atoms with Crippen molar-refractivity contribution in [3.8, 4) is 0 Å². The van der Waals surface area contributed by atoms with Gasteiger partial charge >= 0.3 is 0 Å². The standard InChI is InChI=1S/C21H27N5O2/c1-16-14-19(27)23-21-17-8-4-5-9-18(17)25(26(16)21)15-20(28)22-10-13-24-11-6-2-3-7-12-24/h4-5,8-9,14H,2-3,6-7,10-13,15H2,1H3,(H,22,28). The first-order valence-electron chi connectivity index (χ1n) is 10.1. The lowest BCUT2D eigenvalue weighted by molar-refractivity contribution is -0.121. The molecule has 28 heavy (non-hydrogen) atoms. The van der Waals surface area contributed by atoms with Crippen LogP contribution in [0.4, 0.5) is 0 Å². The molecule has 0 bridgehead atoms. The Morgan fingerprint density at radius 2 is 1.89 bits per heavy atom. The summed E-state index contributed by atoms with van der Waals surface area (Å²) in [5.74, 6) is -0.0319. The number of rotatable bonds is 5. The van der Waals surface area contributed by atoms with Gasteiger partial charge in [-0.05, 0) is 45.0 Å². The Morgan fingerprint density at radius 1 is 1.14 bits per heavy atom. The van der Waals surface area contributed by atoms with Crippen molar-refractivity contribution in [3.63, 3.8) is 0 Å². The van der Waals surface area contributed by atoms with Gasteiger partial charge in [-0.3, -0.25) is 14.3 Å². The molecule has 1 amide bonds. The zero-order chi connectivity index (χ0) is 19.5. The maximum atomic E-state index is 12.6. The van der Waals surface area contributed by atoms with Crippen LogP contribution in [0.2, 0.25) is 0 Å². The van der Waals surface area contributed by atoms with Crippen LogP contribution in [0.15, 0.2) is 35.1 Å². The number of amides is 1. The lowest BCUT2D eigenvalue weighted by Gasteiger charge is -2.20. The fourth-order valence-corrected chi connectivity index (χ4v) is 4.13. The van der Waals surface area contributed by atoms with Gasteiger partial charge in [0.1, 0.15) is 6.54 Å². The molecule has 1 aliphatic rings. The average Bonchev–Trinajstić information content (AvgIpc) is 2.83. The van der Waals surface area contributed by atoms with Gasteiger partial charge in [0, 0.05) is 30.2 Å². The summed E-state index contributed by atoms with van der Waals surface area (Å²) < 4.78 is 3.76. The van der Waals surface area contributed by atoms with Gasteiger partial charge in [-0.2, -0.15) is 4.98 Å². The Bertz CT molecular complexity index is 1040. The minimum Gasteiger partial charge on any atom is -0.353 e. The van der Waals surface area contributed by atoms with Crippen molar-refractivity contribution >= 4 is 22.5 Å². The van der Waals surface area contributed by atoms with E-state index in [2.05, 4.69) is 15.2 Å². The number of carbonyl (C=O) groups excluding carboxylic acids is 1. The molecule has 1 aromatic carbocycles. The van der Waals surface area contributed by atoms with E-state index in [4.69, 9.17) is 0 Å². The van der Waals surface area contributed by atoms with Gasteiger partial charge in [-0.1, -0.05) is 25.0 Å². The van der Waals surface area contributed by atoms with E-state index < -0.39 is 0 Å². The highest BCUT2D eigenvalue weighted by Gasteiger charge is 2.16. The zero-order valence-electron chi connectivity index (χ0n) is 16.4. The Kier molecular flexibility index (Phi) is 5.43. The Labute approximate surface area is 163 Å². The van der Waals surface area contributed by atoms with Crippen molar-refractivity contribution in [2.75, 3.05) is 26.2 Å². The second-order valence-electron chi connectivity index (χ2n) is 7.55. The highest BCUT2D eigenvalue weighted by atomic mass is 16.2. The number of hydrogen-bond acceptors (Lipinski definition) is 4. The van der Waals surface area contributed by atoms with Crippen LogP contribution >= 0.6 is 0 Å². The largest absolute Gasteiger partial charge is 0.353 e. The SMILES string of the molecule is Cc1cc(=O)nc2c3ccccc3n(CC(=O)NCCN3CCCCCC3)n12. The molecular weight excluding hydrogens is 354 g/mol. The van der Waals surface area contributed by atoms with Crippen LogP contribution < -0.4 is 10.9 Å². The van der Waals surface area contributed by atoms with Crippen molar-refractivity contribution in [1.29, 1.82) is 0 Å². The summed E-state index contributed by atoms with van der Waals surface area (Å²) in [5.41, 5.74) is 2.00. The quantitative estimate of drug-likeness (QED) is 0.733. The van der Waals surface area contributed by atoms with Gasteiger partial charge in [0.15, 0.2) is 5.65 Å². The topological polar surface area (TPSA) is 71.6 Å². The van der Waals surface area contributed by atoms with Crippen LogP contribution in [-0.2, 0) is 11.3 Å². The number of fused-ring (bicyclic) bond motifs is 3. The summed E-state index contributed by atoms with van der Waals surface area (Å²) in [7, 11) is 0. The number of carbonyl (C=O) groups is 1. The van der Waals surface area contributed by atoms with Crippen molar-refractivity contribution in [2.45, 2.75) is 39.2 Å². The molecule has 1 saturated heterocycles. The number of aryl methyl sites for hydroxylation is 1. The molecule has 1 N–H and O–H groups in total. The smallest absolute Gasteiger partial charge is 0.273 e. The first-order valence-corrected chi connectivity index (χ1v) is 10.1. The third-order valence-corrected chi connectivity index (χ3v) is 5.49. The van der Waals surface area contributed by atoms with E-state index in [-0.39, 0.29) is 18.0 Å². The van der Waals surface area contributed by atoms with Gasteiger partial charge in [0.2, 0.25) is 5.91 Å². The molecule has 4 rings (SSSR count). The molecule has 1 fully saturated rings. The van der Waals surface area contributed by atoms with Gasteiger partial charge < -0.3 is 10.2 Å². The fourth-order valence-electron chi connectivity index (χ4n) is 4.13. The van der Waals surface area contributed by atoms with Gasteiger partial charge in [0.05, 0.1) is 5.52 Å². The summed E-state index contributed by atoms with van der Waals surface area (Å²) in [4.78, 5) is 31.1. The van der Waals surface area contributed by atoms with Gasteiger partial charge in [-0.25, -0.2) is 4.52 Å². The Morgan fingerprint density at radius 3 is 2.68 bits per heavy atom. The monoisotopic (exact) mass is 381 g/mol. The highest BCUT2D eigenvalue weighted by Crippen LogP contribution is 2.21. The molecule has 0 spiro atoms. The van der Waals surface area contributed by atoms with Crippen LogP contribution in [0.5, 0.6) is 0 Å². The van der Waals surface area contributed by atoms with Gasteiger partial charge in [-0.15, -0.1) is 0 Å². The molecule has 7 heteroatoms. The number of benzene rings is 1. The number of nitrogens with zero attached hydrogens (tertiary/aromatic N) is 4. The summed E-state index contributed by atoms with van der Waals surface area (Å²) >= 11 is 0. The fraction of sp³-hybridized carbons (Fsp3) is 0.476. The molecule has 0 saturated carbocycles. The third-order valence-electron chi connectivity index (χ3n) is 5.49. The molecule has 3 heterocycles. The summed E-state index contributed by atoms with van der Waals surface area (Å²) in [6, 6.07) is 9.24. The van der Waals surface area contributed by atoms with E-state index in [1.165, 1.54) is 31.7 Å². The second-order valence-corrected chi connectivity index (χ2v) is 7.55. The van der Waals surface area contributed by atoms with Crippen molar-refractivity contribution in [2.24, 2.45) is 0 Å². The first kappa shape index (κ1) is 18.7. The number of likely N-dealkylation sites (tertiary alicyclic amines) is 1. The lowest BCUT2D eigenvalue weighted by atomic mass is 10.2. The zero-order valence-corrected chi connectivity index (χ0v) is 16.4. The molecule has 0 atom stereocenters. The summed E-state index contributed by atoms with van der Waals surface area (Å²) in [6.07, 6.45) is 5.12. The minimum absolute atomic E-state index is 0.0319. The molecule has 7 nitrogen and oxygen atoms in total. The van der Waals surface area contributed by atoms with Crippen molar-refractivity contribution < 1.29 is 4.79 Å². The highest BCUT2D eigenvalue weighted by molar-refractivity contribution is 5.93. The summed E-state index contributed by atoms with van der Waals surface area (Å²) in [6.45, 7) is 5.86. The number of aromatic nitrogens is 3. The Balaban J connectivity index is 1.52. The van der Waals surface area contributed by atoms with Gasteiger partial charge in [0.25, 0.3) is 5.56 Å². The van der Waals surface area contributed by atoms with Crippen molar-refractivity contribution in [1.82, 2.24) is 24.4 Å².